The Bertz CT molecular complexity index is 354. The van der Waals surface area contributed by atoms with E-state index >= 15 is 0 Å². The van der Waals surface area contributed by atoms with Crippen LogP contribution in [0.1, 0.15) is 25.5 Å². The molecule has 1 aromatic rings. The molecule has 0 heterocycles. The van der Waals surface area contributed by atoms with Crippen LogP contribution in [0.3, 0.4) is 0 Å². The molecule has 4 heteroatoms. The van der Waals surface area contributed by atoms with Gasteiger partial charge in [-0.2, -0.15) is 0 Å². The number of nitrogens with zero attached hydrogens (tertiary/aromatic N) is 1. The van der Waals surface area contributed by atoms with Gasteiger partial charge >= 0.3 is 0 Å². The molecule has 1 atom stereocenters. The second-order valence-electron chi connectivity index (χ2n) is 4.00. The van der Waals surface area contributed by atoms with Gasteiger partial charge in [0, 0.05) is 19.7 Å². The lowest BCUT2D eigenvalue weighted by molar-refractivity contribution is -0.133. The van der Waals surface area contributed by atoms with E-state index in [1.165, 1.54) is 0 Å². The minimum atomic E-state index is -0.590. The predicted octanol–water partition coefficient (Wildman–Crippen LogP) is 1.57. The molecular weight excluding hydrogens is 228 g/mol. The molecule has 1 rings (SSSR count). The highest BCUT2D eigenvalue weighted by molar-refractivity contribution is 5.83. The number of benzene rings is 1. The van der Waals surface area contributed by atoms with Crippen molar-refractivity contribution in [3.8, 4) is 0 Å². The molecule has 0 fully saturated rings. The van der Waals surface area contributed by atoms with Gasteiger partial charge < -0.3 is 15.4 Å². The largest absolute Gasteiger partial charge is 0.380 e. The van der Waals surface area contributed by atoms with Crippen molar-refractivity contribution in [1.29, 1.82) is 0 Å². The first-order valence-corrected chi connectivity index (χ1v) is 6.37. The van der Waals surface area contributed by atoms with Crippen molar-refractivity contribution in [2.75, 3.05) is 26.3 Å². The highest BCUT2D eigenvalue weighted by atomic mass is 16.5. The van der Waals surface area contributed by atoms with Crippen molar-refractivity contribution in [1.82, 2.24) is 4.90 Å². The number of hydrogen-bond acceptors (Lipinski definition) is 3. The smallest absolute Gasteiger partial charge is 0.244 e. The van der Waals surface area contributed by atoms with Crippen LogP contribution in [0, 0.1) is 0 Å². The van der Waals surface area contributed by atoms with Gasteiger partial charge in [-0.05, 0) is 19.4 Å². The van der Waals surface area contributed by atoms with Gasteiger partial charge in [0.25, 0.3) is 0 Å². The fraction of sp³-hybridized carbons (Fsp3) is 0.500. The van der Waals surface area contributed by atoms with E-state index in [2.05, 4.69) is 0 Å². The van der Waals surface area contributed by atoms with E-state index in [-0.39, 0.29) is 5.91 Å². The van der Waals surface area contributed by atoms with Gasteiger partial charge in [-0.15, -0.1) is 0 Å². The monoisotopic (exact) mass is 250 g/mol. The number of carbonyl (C=O) groups excluding carboxylic acids is 1. The molecule has 100 valence electrons. The van der Waals surface area contributed by atoms with Gasteiger partial charge in [-0.25, -0.2) is 0 Å². The SMILES string of the molecule is CCOCCN(CC)C(=O)C(N)c1ccccc1. The van der Waals surface area contributed by atoms with E-state index in [1.807, 2.05) is 44.2 Å². The zero-order valence-electron chi connectivity index (χ0n) is 11.1. The summed E-state index contributed by atoms with van der Waals surface area (Å²) in [5.41, 5.74) is 6.83. The predicted molar refractivity (Wildman–Crippen MR) is 72.1 cm³/mol. The maximum atomic E-state index is 12.2. The molecule has 0 aliphatic rings. The topological polar surface area (TPSA) is 55.6 Å². The Morgan fingerprint density at radius 2 is 2.00 bits per heavy atom. The third-order valence-corrected chi connectivity index (χ3v) is 2.83. The van der Waals surface area contributed by atoms with Crippen LogP contribution >= 0.6 is 0 Å². The van der Waals surface area contributed by atoms with Crippen molar-refractivity contribution in [2.24, 2.45) is 5.73 Å². The van der Waals surface area contributed by atoms with Crippen LogP contribution in [-0.4, -0.2) is 37.1 Å². The van der Waals surface area contributed by atoms with E-state index in [1.54, 1.807) is 4.90 Å². The minimum Gasteiger partial charge on any atom is -0.380 e. The molecule has 0 saturated heterocycles. The van der Waals surface area contributed by atoms with E-state index in [0.29, 0.717) is 26.3 Å². The van der Waals surface area contributed by atoms with Gasteiger partial charge in [0.1, 0.15) is 6.04 Å². The summed E-state index contributed by atoms with van der Waals surface area (Å²) in [5, 5.41) is 0. The lowest BCUT2D eigenvalue weighted by atomic mass is 10.1. The fourth-order valence-corrected chi connectivity index (χ4v) is 1.74. The third-order valence-electron chi connectivity index (χ3n) is 2.83. The number of rotatable bonds is 7. The lowest BCUT2D eigenvalue weighted by Crippen LogP contribution is -2.40. The van der Waals surface area contributed by atoms with Gasteiger partial charge in [-0.3, -0.25) is 4.79 Å². The number of likely N-dealkylation sites (N-methyl/N-ethyl adjacent to an activating group) is 1. The number of nitrogens with two attached hydrogens (primary N) is 1. The second-order valence-corrected chi connectivity index (χ2v) is 4.00. The molecule has 4 nitrogen and oxygen atoms in total. The Morgan fingerprint density at radius 1 is 1.33 bits per heavy atom. The molecule has 1 unspecified atom stereocenters. The van der Waals surface area contributed by atoms with Crippen molar-refractivity contribution >= 4 is 5.91 Å². The van der Waals surface area contributed by atoms with Crippen LogP contribution in [0.2, 0.25) is 0 Å². The maximum Gasteiger partial charge on any atom is 0.244 e. The molecule has 18 heavy (non-hydrogen) atoms. The molecule has 0 aliphatic heterocycles. The number of amides is 1. The summed E-state index contributed by atoms with van der Waals surface area (Å²) >= 11 is 0. The van der Waals surface area contributed by atoms with Crippen LogP contribution in [0.4, 0.5) is 0 Å². The second kappa shape index (κ2) is 7.84. The van der Waals surface area contributed by atoms with Crippen LogP contribution < -0.4 is 5.73 Å². The molecule has 2 N–H and O–H groups in total. The summed E-state index contributed by atoms with van der Waals surface area (Å²) in [6.45, 7) is 6.33. The van der Waals surface area contributed by atoms with Gasteiger partial charge in [0.15, 0.2) is 0 Å². The van der Waals surface area contributed by atoms with Crippen LogP contribution in [-0.2, 0) is 9.53 Å². The summed E-state index contributed by atoms with van der Waals surface area (Å²) in [7, 11) is 0. The summed E-state index contributed by atoms with van der Waals surface area (Å²) in [6.07, 6.45) is 0. The molecule has 1 aromatic carbocycles. The lowest BCUT2D eigenvalue weighted by Gasteiger charge is -2.24. The third kappa shape index (κ3) is 4.13. The first kappa shape index (κ1) is 14.7. The Morgan fingerprint density at radius 3 is 2.56 bits per heavy atom. The van der Waals surface area contributed by atoms with Gasteiger partial charge in [0.05, 0.1) is 6.61 Å². The molecular formula is C14H22N2O2. The van der Waals surface area contributed by atoms with Gasteiger partial charge in [0.2, 0.25) is 5.91 Å². The average Bonchev–Trinajstić information content (AvgIpc) is 2.43. The quantitative estimate of drug-likeness (QED) is 0.747. The molecule has 0 aromatic heterocycles. The Labute approximate surface area is 109 Å². The molecule has 0 bridgehead atoms. The number of ether oxygens (including phenoxy) is 1. The van der Waals surface area contributed by atoms with Crippen LogP contribution in [0.5, 0.6) is 0 Å². The zero-order chi connectivity index (χ0) is 13.4. The molecule has 0 spiro atoms. The summed E-state index contributed by atoms with van der Waals surface area (Å²) in [6, 6.07) is 8.84. The van der Waals surface area contributed by atoms with E-state index in [0.717, 1.165) is 5.56 Å². The molecule has 0 aliphatic carbocycles. The van der Waals surface area contributed by atoms with E-state index in [4.69, 9.17) is 10.5 Å². The first-order valence-electron chi connectivity index (χ1n) is 6.37. The Hall–Kier alpha value is -1.39. The standard InChI is InChI=1S/C14H22N2O2/c1-3-16(10-11-18-4-2)14(17)13(15)12-8-6-5-7-9-12/h5-9,13H,3-4,10-11,15H2,1-2H3. The molecule has 0 saturated carbocycles. The first-order chi connectivity index (χ1) is 8.70. The summed E-state index contributed by atoms with van der Waals surface area (Å²) in [4.78, 5) is 13.9. The Kier molecular flexibility index (Phi) is 6.39. The van der Waals surface area contributed by atoms with Crippen molar-refractivity contribution in [2.45, 2.75) is 19.9 Å². The molecule has 0 radical (unpaired) electrons. The highest BCUT2D eigenvalue weighted by Gasteiger charge is 2.20. The van der Waals surface area contributed by atoms with Gasteiger partial charge in [-0.1, -0.05) is 30.3 Å². The van der Waals surface area contributed by atoms with Crippen LogP contribution in [0.25, 0.3) is 0 Å². The fourth-order valence-electron chi connectivity index (χ4n) is 1.74. The highest BCUT2D eigenvalue weighted by Crippen LogP contribution is 2.12. The summed E-state index contributed by atoms with van der Waals surface area (Å²) in [5.74, 6) is -0.0524. The average molecular weight is 250 g/mol. The van der Waals surface area contributed by atoms with Crippen molar-refractivity contribution in [3.05, 3.63) is 35.9 Å². The number of hydrogen-bond donors (Lipinski definition) is 1. The summed E-state index contributed by atoms with van der Waals surface area (Å²) < 4.78 is 5.27. The van der Waals surface area contributed by atoms with Crippen molar-refractivity contribution < 1.29 is 9.53 Å². The number of carbonyl (C=O) groups is 1. The van der Waals surface area contributed by atoms with Crippen LogP contribution in [0.15, 0.2) is 30.3 Å². The van der Waals surface area contributed by atoms with Crippen molar-refractivity contribution in [3.63, 3.8) is 0 Å². The van der Waals surface area contributed by atoms with E-state index < -0.39 is 6.04 Å². The Balaban J connectivity index is 2.60. The minimum absolute atomic E-state index is 0.0524. The maximum absolute atomic E-state index is 12.2. The zero-order valence-corrected chi connectivity index (χ0v) is 11.1. The van der Waals surface area contributed by atoms with E-state index in [9.17, 15) is 4.79 Å². The normalized spacial score (nSPS) is 12.2. The molecule has 1 amide bonds.